The van der Waals surface area contributed by atoms with Crippen LogP contribution in [-0.2, 0) is 4.79 Å². The summed E-state index contributed by atoms with van der Waals surface area (Å²) in [5.74, 6) is -1.46. The number of ketones is 1. The number of carbonyl (C=O) groups is 3. The number of nitrogen functional groups attached to an aromatic ring is 1. The number of pyridine rings is 1. The number of ether oxygens (including phenoxy) is 1. The number of aromatic nitrogens is 2. The molecule has 9 nitrogen and oxygen atoms in total. The second kappa shape index (κ2) is 7.39. The molecule has 0 unspecified atom stereocenters. The molecule has 1 atom stereocenters. The molecule has 28 heavy (non-hydrogen) atoms. The van der Waals surface area contributed by atoms with Crippen molar-refractivity contribution in [3.63, 3.8) is 0 Å². The predicted octanol–water partition coefficient (Wildman–Crippen LogP) is 1.36. The monoisotopic (exact) mass is 382 g/mol. The number of nitrogens with zero attached hydrogens (tertiary/aromatic N) is 2. The van der Waals surface area contributed by atoms with E-state index in [1.54, 1.807) is 16.5 Å². The maximum atomic E-state index is 12.8. The van der Waals surface area contributed by atoms with Crippen molar-refractivity contribution in [2.24, 2.45) is 0 Å². The molecule has 1 amide bonds. The van der Waals surface area contributed by atoms with E-state index in [1.807, 2.05) is 0 Å². The van der Waals surface area contributed by atoms with Gasteiger partial charge in [0.25, 0.3) is 5.91 Å². The van der Waals surface area contributed by atoms with Gasteiger partial charge in [-0.2, -0.15) is 0 Å². The van der Waals surface area contributed by atoms with Crippen molar-refractivity contribution < 1.29 is 24.2 Å². The Kier molecular flexibility index (Phi) is 4.99. The number of hydrogen-bond donors (Lipinski definition) is 3. The summed E-state index contributed by atoms with van der Waals surface area (Å²) in [6, 6.07) is 6.68. The average molecular weight is 382 g/mol. The first-order chi connectivity index (χ1) is 13.3. The molecule has 0 spiro atoms. The summed E-state index contributed by atoms with van der Waals surface area (Å²) < 4.78 is 6.68. The first kappa shape index (κ1) is 18.9. The van der Waals surface area contributed by atoms with E-state index in [4.69, 9.17) is 15.6 Å². The molecule has 0 fully saturated rings. The van der Waals surface area contributed by atoms with Crippen molar-refractivity contribution >= 4 is 28.9 Å². The second-order valence-corrected chi connectivity index (χ2v) is 6.11. The van der Waals surface area contributed by atoms with E-state index >= 15 is 0 Å². The minimum Gasteiger partial charge on any atom is -0.495 e. The zero-order valence-electron chi connectivity index (χ0n) is 15.2. The Balaban J connectivity index is 1.91. The third-order valence-corrected chi connectivity index (χ3v) is 4.21. The fraction of sp³-hybridized carbons (Fsp3) is 0.158. The molecule has 2 aromatic heterocycles. The number of anilines is 1. The standard InChI is InChI=1S/C19H18N4O5/c1-10(19(26)27)22-18(25)12-5-6-23-13(7-12)9-21-17(23)16(24)11-3-4-14(20)15(8-11)28-2/h3-10H,20H2,1-2H3,(H,22,25)(H,26,27)/t10-/m1/s1. The van der Waals surface area contributed by atoms with Gasteiger partial charge in [-0.05, 0) is 37.3 Å². The number of hydrogen-bond acceptors (Lipinski definition) is 6. The number of rotatable bonds is 6. The molecule has 4 N–H and O–H groups in total. The number of carboxylic acid groups (broad SMARTS) is 1. The molecule has 0 aliphatic heterocycles. The summed E-state index contributed by atoms with van der Waals surface area (Å²) in [5.41, 5.74) is 7.32. The third-order valence-electron chi connectivity index (χ3n) is 4.21. The van der Waals surface area contributed by atoms with Gasteiger partial charge in [-0.3, -0.25) is 18.8 Å². The van der Waals surface area contributed by atoms with Crippen molar-refractivity contribution in [2.75, 3.05) is 12.8 Å². The van der Waals surface area contributed by atoms with Crippen LogP contribution >= 0.6 is 0 Å². The maximum Gasteiger partial charge on any atom is 0.325 e. The topological polar surface area (TPSA) is 136 Å². The molecular weight excluding hydrogens is 364 g/mol. The van der Waals surface area contributed by atoms with Gasteiger partial charge in [0.2, 0.25) is 5.78 Å². The Bertz CT molecular complexity index is 1090. The van der Waals surface area contributed by atoms with Gasteiger partial charge < -0.3 is 20.9 Å². The molecule has 3 aromatic rings. The van der Waals surface area contributed by atoms with E-state index < -0.39 is 17.9 Å². The van der Waals surface area contributed by atoms with Crippen LogP contribution in [0.2, 0.25) is 0 Å². The van der Waals surface area contributed by atoms with Crippen LogP contribution in [0.1, 0.15) is 33.5 Å². The van der Waals surface area contributed by atoms with E-state index in [9.17, 15) is 14.4 Å². The molecule has 0 bridgehead atoms. The lowest BCUT2D eigenvalue weighted by atomic mass is 10.1. The number of fused-ring (bicyclic) bond motifs is 1. The molecule has 0 saturated carbocycles. The molecule has 9 heteroatoms. The zero-order valence-corrected chi connectivity index (χ0v) is 15.2. The lowest BCUT2D eigenvalue weighted by Crippen LogP contribution is -2.38. The number of amides is 1. The quantitative estimate of drug-likeness (QED) is 0.432. The Morgan fingerprint density at radius 3 is 2.64 bits per heavy atom. The molecule has 0 aliphatic rings. The summed E-state index contributed by atoms with van der Waals surface area (Å²) in [7, 11) is 1.46. The number of carbonyl (C=O) groups excluding carboxylic acids is 2. The van der Waals surface area contributed by atoms with E-state index in [0.29, 0.717) is 22.5 Å². The first-order valence-electron chi connectivity index (χ1n) is 8.31. The van der Waals surface area contributed by atoms with Crippen LogP contribution < -0.4 is 15.8 Å². The van der Waals surface area contributed by atoms with Crippen LogP contribution in [0.5, 0.6) is 5.75 Å². The summed E-state index contributed by atoms with van der Waals surface area (Å²) in [6.45, 7) is 1.37. The Morgan fingerprint density at radius 2 is 1.96 bits per heavy atom. The first-order valence-corrected chi connectivity index (χ1v) is 8.31. The fourth-order valence-electron chi connectivity index (χ4n) is 2.63. The van der Waals surface area contributed by atoms with Crippen LogP contribution in [0, 0.1) is 0 Å². The number of carboxylic acids is 1. The number of aliphatic carboxylic acids is 1. The molecule has 144 valence electrons. The van der Waals surface area contributed by atoms with Crippen LogP contribution in [-0.4, -0.2) is 45.3 Å². The van der Waals surface area contributed by atoms with Crippen LogP contribution in [0.3, 0.4) is 0 Å². The molecule has 0 aliphatic carbocycles. The highest BCUT2D eigenvalue weighted by Gasteiger charge is 2.19. The third kappa shape index (κ3) is 3.50. The van der Waals surface area contributed by atoms with Gasteiger partial charge in [-0.1, -0.05) is 0 Å². The van der Waals surface area contributed by atoms with Crippen molar-refractivity contribution in [3.8, 4) is 5.75 Å². The Morgan fingerprint density at radius 1 is 1.21 bits per heavy atom. The Hall–Kier alpha value is -3.88. The SMILES string of the molecule is COc1cc(C(=O)c2ncc3cc(C(=O)N[C@H](C)C(=O)O)ccn23)ccc1N. The summed E-state index contributed by atoms with van der Waals surface area (Å²) in [4.78, 5) is 40.0. The number of benzene rings is 1. The van der Waals surface area contributed by atoms with Gasteiger partial charge in [-0.15, -0.1) is 0 Å². The highest BCUT2D eigenvalue weighted by molar-refractivity contribution is 6.08. The molecule has 2 heterocycles. The predicted molar refractivity (Wildman–Crippen MR) is 101 cm³/mol. The van der Waals surface area contributed by atoms with Crippen molar-refractivity contribution in [3.05, 3.63) is 59.7 Å². The maximum absolute atomic E-state index is 12.8. The van der Waals surface area contributed by atoms with Gasteiger partial charge in [0.1, 0.15) is 11.8 Å². The zero-order chi connectivity index (χ0) is 20.4. The van der Waals surface area contributed by atoms with E-state index in [0.717, 1.165) is 0 Å². The number of imidazole rings is 1. The van der Waals surface area contributed by atoms with Crippen LogP contribution in [0.25, 0.3) is 5.52 Å². The van der Waals surface area contributed by atoms with Gasteiger partial charge in [-0.25, -0.2) is 4.98 Å². The lowest BCUT2D eigenvalue weighted by Gasteiger charge is -2.10. The smallest absolute Gasteiger partial charge is 0.325 e. The van der Waals surface area contributed by atoms with Crippen molar-refractivity contribution in [2.45, 2.75) is 13.0 Å². The van der Waals surface area contributed by atoms with Gasteiger partial charge >= 0.3 is 5.97 Å². The van der Waals surface area contributed by atoms with Gasteiger partial charge in [0.05, 0.1) is 24.5 Å². The van der Waals surface area contributed by atoms with E-state index in [1.165, 1.54) is 44.6 Å². The molecule has 3 rings (SSSR count). The highest BCUT2D eigenvalue weighted by Crippen LogP contribution is 2.24. The summed E-state index contributed by atoms with van der Waals surface area (Å²) in [6.07, 6.45) is 2.99. The summed E-state index contributed by atoms with van der Waals surface area (Å²) >= 11 is 0. The molecular formula is C19H18N4O5. The minimum absolute atomic E-state index is 0.160. The molecule has 0 saturated heterocycles. The second-order valence-electron chi connectivity index (χ2n) is 6.11. The van der Waals surface area contributed by atoms with Crippen LogP contribution in [0.4, 0.5) is 5.69 Å². The van der Waals surface area contributed by atoms with Crippen molar-refractivity contribution in [1.82, 2.24) is 14.7 Å². The number of nitrogens with one attached hydrogen (secondary N) is 1. The minimum atomic E-state index is -1.13. The summed E-state index contributed by atoms with van der Waals surface area (Å²) in [5, 5.41) is 11.3. The largest absolute Gasteiger partial charge is 0.495 e. The van der Waals surface area contributed by atoms with Crippen molar-refractivity contribution in [1.29, 1.82) is 0 Å². The van der Waals surface area contributed by atoms with E-state index in [-0.39, 0.29) is 17.2 Å². The normalized spacial score (nSPS) is 11.8. The fourth-order valence-corrected chi connectivity index (χ4v) is 2.63. The van der Waals surface area contributed by atoms with Crippen LogP contribution in [0.15, 0.2) is 42.7 Å². The molecule has 0 radical (unpaired) electrons. The lowest BCUT2D eigenvalue weighted by molar-refractivity contribution is -0.138. The highest BCUT2D eigenvalue weighted by atomic mass is 16.5. The van der Waals surface area contributed by atoms with E-state index in [2.05, 4.69) is 10.3 Å². The van der Waals surface area contributed by atoms with Gasteiger partial charge in [0, 0.05) is 17.3 Å². The average Bonchev–Trinajstić information content (AvgIpc) is 3.10. The Labute approximate surface area is 159 Å². The number of nitrogens with two attached hydrogens (primary N) is 1. The number of methoxy groups -OCH3 is 1. The molecule has 1 aromatic carbocycles. The van der Waals surface area contributed by atoms with Gasteiger partial charge in [0.15, 0.2) is 5.82 Å².